The molecule has 0 heterocycles. The molecule has 0 aromatic heterocycles. The number of aliphatic imine (C=N–C) groups is 1. The fourth-order valence-electron chi connectivity index (χ4n) is 0.720. The Morgan fingerprint density at radius 2 is 2.10 bits per heavy atom. The van der Waals surface area contributed by atoms with Gasteiger partial charge in [-0.05, 0) is 26.5 Å². The molecule has 0 rings (SSSR count). The highest BCUT2D eigenvalue weighted by Crippen LogP contribution is 2.08. The van der Waals surface area contributed by atoms with Gasteiger partial charge in [0.1, 0.15) is 0 Å². The second-order valence-electron chi connectivity index (χ2n) is 2.69. The number of allylic oxidation sites excluding steroid dienone is 1. The van der Waals surface area contributed by atoms with Crippen LogP contribution < -0.4 is 5.73 Å². The van der Waals surface area contributed by atoms with Gasteiger partial charge < -0.3 is 5.73 Å². The summed E-state index contributed by atoms with van der Waals surface area (Å²) >= 11 is 0. The van der Waals surface area contributed by atoms with Crippen molar-refractivity contribution in [1.82, 2.24) is 0 Å². The van der Waals surface area contributed by atoms with Crippen LogP contribution in [0.25, 0.3) is 0 Å². The average molecular weight is 140 g/mol. The SMILES string of the molecule is C=NC(C)C(C)/C=C(/C)N. The van der Waals surface area contributed by atoms with Gasteiger partial charge in [-0.15, -0.1) is 0 Å². The fraction of sp³-hybridized carbons (Fsp3) is 0.625. The lowest BCUT2D eigenvalue weighted by Crippen LogP contribution is -2.10. The van der Waals surface area contributed by atoms with Crippen LogP contribution in [0.4, 0.5) is 0 Å². The van der Waals surface area contributed by atoms with Crippen LogP contribution in [0.3, 0.4) is 0 Å². The lowest BCUT2D eigenvalue weighted by Gasteiger charge is -2.10. The number of rotatable bonds is 3. The zero-order valence-corrected chi connectivity index (χ0v) is 6.96. The zero-order valence-electron chi connectivity index (χ0n) is 6.96. The molecule has 2 N–H and O–H groups in total. The Hall–Kier alpha value is -0.790. The van der Waals surface area contributed by atoms with Crippen LogP contribution in [0, 0.1) is 5.92 Å². The van der Waals surface area contributed by atoms with E-state index in [1.54, 1.807) is 0 Å². The van der Waals surface area contributed by atoms with Crippen LogP contribution in [0.2, 0.25) is 0 Å². The first-order valence-electron chi connectivity index (χ1n) is 3.47. The van der Waals surface area contributed by atoms with Crippen molar-refractivity contribution in [2.75, 3.05) is 0 Å². The van der Waals surface area contributed by atoms with E-state index < -0.39 is 0 Å². The second-order valence-corrected chi connectivity index (χ2v) is 2.69. The third kappa shape index (κ3) is 3.28. The summed E-state index contributed by atoms with van der Waals surface area (Å²) in [5, 5.41) is 0. The normalized spacial score (nSPS) is 18.1. The molecule has 0 fully saturated rings. The predicted molar refractivity (Wildman–Crippen MR) is 46.1 cm³/mol. The van der Waals surface area contributed by atoms with Crippen LogP contribution in [-0.4, -0.2) is 12.8 Å². The minimum Gasteiger partial charge on any atom is -0.403 e. The highest BCUT2D eigenvalue weighted by molar-refractivity contribution is 5.24. The smallest absolute Gasteiger partial charge is 0.0524 e. The Morgan fingerprint density at radius 3 is 2.40 bits per heavy atom. The molecule has 2 atom stereocenters. The summed E-state index contributed by atoms with van der Waals surface area (Å²) in [6.07, 6.45) is 2.00. The summed E-state index contributed by atoms with van der Waals surface area (Å²) in [6.45, 7) is 9.45. The molecule has 0 aliphatic rings. The van der Waals surface area contributed by atoms with Gasteiger partial charge in [0.15, 0.2) is 0 Å². The molecular weight excluding hydrogens is 124 g/mol. The van der Waals surface area contributed by atoms with E-state index >= 15 is 0 Å². The number of hydrogen-bond acceptors (Lipinski definition) is 2. The van der Waals surface area contributed by atoms with Gasteiger partial charge in [0.25, 0.3) is 0 Å². The van der Waals surface area contributed by atoms with Crippen molar-refractivity contribution in [2.24, 2.45) is 16.6 Å². The van der Waals surface area contributed by atoms with Gasteiger partial charge in [-0.2, -0.15) is 0 Å². The van der Waals surface area contributed by atoms with Gasteiger partial charge in [0.05, 0.1) is 6.04 Å². The largest absolute Gasteiger partial charge is 0.403 e. The maximum atomic E-state index is 5.48. The van der Waals surface area contributed by atoms with E-state index in [4.69, 9.17) is 5.73 Å². The van der Waals surface area contributed by atoms with Crippen molar-refractivity contribution >= 4 is 6.72 Å². The Kier molecular flexibility index (Phi) is 3.77. The number of hydrogen-bond donors (Lipinski definition) is 1. The first-order valence-corrected chi connectivity index (χ1v) is 3.47. The molecule has 10 heavy (non-hydrogen) atoms. The van der Waals surface area contributed by atoms with Crippen molar-refractivity contribution < 1.29 is 0 Å². The molecule has 0 saturated heterocycles. The molecule has 2 nitrogen and oxygen atoms in total. The average Bonchev–Trinajstić information content (AvgIpc) is 1.85. The molecule has 0 aromatic carbocycles. The summed E-state index contributed by atoms with van der Waals surface area (Å²) in [6, 6.07) is 0.262. The summed E-state index contributed by atoms with van der Waals surface area (Å²) in [5.41, 5.74) is 6.33. The molecule has 2 heteroatoms. The highest BCUT2D eigenvalue weighted by atomic mass is 14.7. The Balaban J connectivity index is 3.95. The van der Waals surface area contributed by atoms with Gasteiger partial charge in [-0.3, -0.25) is 4.99 Å². The zero-order chi connectivity index (χ0) is 8.15. The molecule has 0 aliphatic heterocycles. The quantitative estimate of drug-likeness (QED) is 0.594. The minimum absolute atomic E-state index is 0.262. The van der Waals surface area contributed by atoms with Gasteiger partial charge in [-0.1, -0.05) is 13.0 Å². The third-order valence-corrected chi connectivity index (χ3v) is 1.57. The summed E-state index contributed by atoms with van der Waals surface area (Å²) < 4.78 is 0. The molecule has 0 bridgehead atoms. The van der Waals surface area contributed by atoms with Crippen LogP contribution in [0.15, 0.2) is 16.8 Å². The summed E-state index contributed by atoms with van der Waals surface area (Å²) in [4.78, 5) is 3.89. The maximum absolute atomic E-state index is 5.48. The second kappa shape index (κ2) is 4.09. The molecule has 0 aliphatic carbocycles. The first kappa shape index (κ1) is 9.21. The van der Waals surface area contributed by atoms with Gasteiger partial charge >= 0.3 is 0 Å². The fourth-order valence-corrected chi connectivity index (χ4v) is 0.720. The van der Waals surface area contributed by atoms with Crippen molar-refractivity contribution in [3.05, 3.63) is 11.8 Å². The maximum Gasteiger partial charge on any atom is 0.0524 e. The van der Waals surface area contributed by atoms with E-state index in [1.807, 2.05) is 19.9 Å². The lowest BCUT2D eigenvalue weighted by atomic mass is 10.0. The van der Waals surface area contributed by atoms with Crippen molar-refractivity contribution in [3.8, 4) is 0 Å². The third-order valence-electron chi connectivity index (χ3n) is 1.57. The van der Waals surface area contributed by atoms with E-state index in [1.165, 1.54) is 0 Å². The Bertz CT molecular complexity index is 134. The predicted octanol–water partition coefficient (Wildman–Crippen LogP) is 1.57. The molecule has 58 valence electrons. The molecule has 0 saturated carbocycles. The minimum atomic E-state index is 0.262. The Morgan fingerprint density at radius 1 is 1.60 bits per heavy atom. The van der Waals surface area contributed by atoms with Gasteiger partial charge in [-0.25, -0.2) is 0 Å². The van der Waals surface area contributed by atoms with Crippen molar-refractivity contribution in [2.45, 2.75) is 26.8 Å². The van der Waals surface area contributed by atoms with E-state index in [0.717, 1.165) is 5.70 Å². The standard InChI is InChI=1S/C8H16N2/c1-6(5-7(2)9)8(3)10-4/h5-6,8H,4,9H2,1-3H3/b7-5-. The van der Waals surface area contributed by atoms with Gasteiger partial charge in [0.2, 0.25) is 0 Å². The molecule has 0 radical (unpaired) electrons. The first-order chi connectivity index (χ1) is 4.57. The molecule has 0 spiro atoms. The van der Waals surface area contributed by atoms with Gasteiger partial charge in [0, 0.05) is 5.70 Å². The van der Waals surface area contributed by atoms with E-state index in [9.17, 15) is 0 Å². The highest BCUT2D eigenvalue weighted by Gasteiger charge is 2.05. The van der Waals surface area contributed by atoms with E-state index in [0.29, 0.717) is 5.92 Å². The Labute approximate surface area is 62.8 Å². The van der Waals surface area contributed by atoms with Crippen LogP contribution in [-0.2, 0) is 0 Å². The molecule has 0 amide bonds. The number of nitrogens with zero attached hydrogens (tertiary/aromatic N) is 1. The summed E-state index contributed by atoms with van der Waals surface area (Å²) in [7, 11) is 0. The monoisotopic (exact) mass is 140 g/mol. The lowest BCUT2D eigenvalue weighted by molar-refractivity contribution is 0.584. The topological polar surface area (TPSA) is 38.4 Å². The van der Waals surface area contributed by atoms with Crippen LogP contribution in [0.5, 0.6) is 0 Å². The van der Waals surface area contributed by atoms with Crippen LogP contribution in [0.1, 0.15) is 20.8 Å². The van der Waals surface area contributed by atoms with E-state index in [2.05, 4.69) is 18.6 Å². The summed E-state index contributed by atoms with van der Waals surface area (Å²) in [5.74, 6) is 0.391. The van der Waals surface area contributed by atoms with Crippen molar-refractivity contribution in [1.29, 1.82) is 0 Å². The van der Waals surface area contributed by atoms with Crippen molar-refractivity contribution in [3.63, 3.8) is 0 Å². The number of nitrogens with two attached hydrogens (primary N) is 1. The molecular formula is C8H16N2. The molecule has 2 unspecified atom stereocenters. The van der Waals surface area contributed by atoms with Crippen LogP contribution >= 0.6 is 0 Å². The molecule has 0 aromatic rings. The van der Waals surface area contributed by atoms with E-state index in [-0.39, 0.29) is 6.04 Å².